The summed E-state index contributed by atoms with van der Waals surface area (Å²) in [6, 6.07) is -0.858. The number of aliphatic carboxylic acids is 1. The predicted octanol–water partition coefficient (Wildman–Crippen LogP) is -4.04. The van der Waals surface area contributed by atoms with Gasteiger partial charge >= 0.3 is 35.5 Å². The largest absolute Gasteiger partial charge is 1.00 e. The van der Waals surface area contributed by atoms with Gasteiger partial charge in [-0.05, 0) is 18.4 Å². The summed E-state index contributed by atoms with van der Waals surface area (Å²) < 4.78 is 4.94. The number of carbonyl (C=O) groups excluding carboxylic acids is 4. The van der Waals surface area contributed by atoms with Gasteiger partial charge in [-0.15, -0.1) is 11.8 Å². The Morgan fingerprint density at radius 3 is 2.73 bits per heavy atom. The van der Waals surface area contributed by atoms with Crippen LogP contribution in [0.4, 0.5) is 0 Å². The molecule has 26 heavy (non-hydrogen) atoms. The Bertz CT molecular complexity index is 777. The van der Waals surface area contributed by atoms with Crippen LogP contribution in [0.3, 0.4) is 0 Å². The van der Waals surface area contributed by atoms with Crippen molar-refractivity contribution in [2.24, 2.45) is 5.10 Å². The molecule has 9 nitrogen and oxygen atoms in total. The Kier molecular flexibility index (Phi) is 6.33. The average Bonchev–Trinajstić information content (AvgIpc) is 3.15. The van der Waals surface area contributed by atoms with Gasteiger partial charge in [-0.3, -0.25) is 14.5 Å². The van der Waals surface area contributed by atoms with E-state index < -0.39 is 35.2 Å². The molecule has 0 aromatic carbocycles. The van der Waals surface area contributed by atoms with Crippen LogP contribution < -0.4 is 34.7 Å². The van der Waals surface area contributed by atoms with Gasteiger partial charge in [0, 0.05) is 13.3 Å². The van der Waals surface area contributed by atoms with Crippen molar-refractivity contribution in [1.29, 1.82) is 0 Å². The van der Waals surface area contributed by atoms with Gasteiger partial charge in [-0.2, -0.15) is 5.10 Å². The van der Waals surface area contributed by atoms with Crippen LogP contribution in [0.5, 0.6) is 0 Å². The molecule has 0 radical (unpaired) electrons. The van der Waals surface area contributed by atoms with Gasteiger partial charge < -0.3 is 14.6 Å². The van der Waals surface area contributed by atoms with Crippen LogP contribution >= 0.6 is 11.8 Å². The minimum absolute atomic E-state index is 0. The van der Waals surface area contributed by atoms with Crippen molar-refractivity contribution in [1.82, 2.24) is 9.91 Å². The van der Waals surface area contributed by atoms with Crippen LogP contribution in [0.2, 0.25) is 0 Å². The van der Waals surface area contributed by atoms with E-state index in [1.165, 1.54) is 30.2 Å². The summed E-state index contributed by atoms with van der Waals surface area (Å²) in [4.78, 5) is 47.9. The fraction of sp³-hybridized carbons (Fsp3) is 0.400. The normalized spacial score (nSPS) is 25.2. The summed E-state index contributed by atoms with van der Waals surface area (Å²) in [5, 5.41) is 17.0. The van der Waals surface area contributed by atoms with Crippen molar-refractivity contribution in [2.75, 3.05) is 6.61 Å². The number of β-lactam (4-membered cyclic amide) rings is 1. The van der Waals surface area contributed by atoms with Gasteiger partial charge in [0.1, 0.15) is 5.37 Å². The number of carboxylic acid groups (broad SMARTS) is 1. The van der Waals surface area contributed by atoms with E-state index in [1.54, 1.807) is 6.92 Å². The summed E-state index contributed by atoms with van der Waals surface area (Å²) >= 11 is 1.17. The minimum atomic E-state index is -1.41. The van der Waals surface area contributed by atoms with E-state index in [0.717, 1.165) is 9.91 Å². The molecule has 0 aromatic rings. The maximum absolute atomic E-state index is 12.2. The van der Waals surface area contributed by atoms with Crippen LogP contribution in [0.25, 0.3) is 0 Å². The fourth-order valence-electron chi connectivity index (χ4n) is 2.77. The molecule has 132 valence electrons. The number of hydrogen-bond donors (Lipinski definition) is 0. The number of hydrogen-bond acceptors (Lipinski definition) is 8. The van der Waals surface area contributed by atoms with Crippen molar-refractivity contribution < 1.29 is 58.6 Å². The number of ether oxygens (including phenoxy) is 1. The summed E-state index contributed by atoms with van der Waals surface area (Å²) in [6.45, 7) is 3.13. The Balaban J connectivity index is 0.00000243. The van der Waals surface area contributed by atoms with Gasteiger partial charge in [0.15, 0.2) is 6.04 Å². The maximum Gasteiger partial charge on any atom is 1.00 e. The molecule has 0 aromatic heterocycles. The van der Waals surface area contributed by atoms with Gasteiger partial charge in [0.05, 0.1) is 29.6 Å². The number of fused-ring (bicyclic) bond motifs is 1. The summed E-state index contributed by atoms with van der Waals surface area (Å²) in [5.74, 6) is -2.84. The molecule has 1 unspecified atom stereocenters. The van der Waals surface area contributed by atoms with Crippen molar-refractivity contribution in [3.63, 3.8) is 0 Å². The predicted molar refractivity (Wildman–Crippen MR) is 84.4 cm³/mol. The number of esters is 1. The zero-order valence-corrected chi connectivity index (χ0v) is 17.2. The summed E-state index contributed by atoms with van der Waals surface area (Å²) in [6.07, 6.45) is 1.63. The molecule has 0 saturated carbocycles. The van der Waals surface area contributed by atoms with E-state index in [2.05, 4.69) is 5.10 Å². The third kappa shape index (κ3) is 3.46. The fourth-order valence-corrected chi connectivity index (χ4v) is 3.89. The van der Waals surface area contributed by atoms with Crippen LogP contribution in [0.15, 0.2) is 27.9 Å². The third-order valence-electron chi connectivity index (χ3n) is 3.88. The van der Waals surface area contributed by atoms with Crippen LogP contribution in [0.1, 0.15) is 20.3 Å². The molecule has 2 atom stereocenters. The van der Waals surface area contributed by atoms with Crippen LogP contribution in [0, 0.1) is 0 Å². The molecule has 0 spiro atoms. The summed E-state index contributed by atoms with van der Waals surface area (Å²) in [5.41, 5.74) is 0.586. The zero-order valence-electron chi connectivity index (χ0n) is 14.4. The second kappa shape index (κ2) is 7.95. The number of hydrazone groups is 1. The van der Waals surface area contributed by atoms with E-state index in [0.29, 0.717) is 11.3 Å². The number of carbonyl (C=O) groups is 4. The topological polar surface area (TPSA) is 119 Å². The second-order valence-corrected chi connectivity index (χ2v) is 6.44. The number of nitrogens with zero attached hydrogens (tertiary/aromatic N) is 3. The maximum atomic E-state index is 12.2. The Morgan fingerprint density at radius 2 is 2.15 bits per heavy atom. The molecular weight excluding hydrogens is 373 g/mol. The van der Waals surface area contributed by atoms with Gasteiger partial charge in [0.2, 0.25) is 5.91 Å². The summed E-state index contributed by atoms with van der Waals surface area (Å²) in [7, 11) is 0. The van der Waals surface area contributed by atoms with Crippen LogP contribution in [-0.4, -0.2) is 57.4 Å². The average molecular weight is 387 g/mol. The SMILES string of the molecule is CCOC(=O)C1CC(/C=C2/C(=O)N3C(C(=O)[O-])=CS[C@H]23)=NN1C(C)=O.[Na+]. The van der Waals surface area contributed by atoms with E-state index in [-0.39, 0.29) is 48.3 Å². The first-order valence-corrected chi connectivity index (χ1v) is 8.45. The standard InChI is InChI=1S/C15H15N3O6S.Na/c1-3-24-15(23)10-5-8(16-18(10)7(2)19)4-9-12(20)17-11(14(21)22)6-25-13(9)17;/h4,6,10,13H,3,5H2,1-2H3,(H,21,22);/q;+1/p-1/b9-4-;/t10?,13-;/m1./s1. The minimum Gasteiger partial charge on any atom is -0.543 e. The van der Waals surface area contributed by atoms with E-state index in [9.17, 15) is 24.3 Å². The Morgan fingerprint density at radius 1 is 1.46 bits per heavy atom. The number of rotatable bonds is 4. The zero-order chi connectivity index (χ0) is 18.3. The molecule has 2 amide bonds. The molecular formula is C15H14N3NaO6S. The number of amides is 2. The van der Waals surface area contributed by atoms with Gasteiger partial charge in [-0.1, -0.05) is 0 Å². The van der Waals surface area contributed by atoms with Crippen LogP contribution in [-0.2, 0) is 23.9 Å². The second-order valence-electron chi connectivity index (χ2n) is 5.48. The van der Waals surface area contributed by atoms with E-state index >= 15 is 0 Å². The van der Waals surface area contributed by atoms with E-state index in [4.69, 9.17) is 4.74 Å². The van der Waals surface area contributed by atoms with Gasteiger partial charge in [0.25, 0.3) is 5.91 Å². The van der Waals surface area contributed by atoms with Crippen molar-refractivity contribution in [2.45, 2.75) is 31.7 Å². The molecule has 1 fully saturated rings. The first-order chi connectivity index (χ1) is 11.8. The molecule has 0 aliphatic carbocycles. The quantitative estimate of drug-likeness (QED) is 0.208. The van der Waals surface area contributed by atoms with Crippen molar-refractivity contribution in [3.05, 3.63) is 22.8 Å². The first kappa shape index (κ1) is 20.7. The molecule has 3 rings (SSSR count). The van der Waals surface area contributed by atoms with E-state index in [1.807, 2.05) is 0 Å². The smallest absolute Gasteiger partial charge is 0.543 e. The van der Waals surface area contributed by atoms with Gasteiger partial charge in [-0.25, -0.2) is 9.80 Å². The Hall–Kier alpha value is -1.62. The number of allylic oxidation sites excluding steroid dienone is 1. The molecule has 3 aliphatic heterocycles. The first-order valence-electron chi connectivity index (χ1n) is 7.51. The monoisotopic (exact) mass is 387 g/mol. The number of thioether (sulfide) groups is 1. The van der Waals surface area contributed by atoms with Crippen molar-refractivity contribution >= 4 is 41.2 Å². The molecule has 3 heterocycles. The molecule has 1 saturated heterocycles. The third-order valence-corrected chi connectivity index (χ3v) is 4.96. The molecule has 3 aliphatic rings. The van der Waals surface area contributed by atoms with Crippen molar-refractivity contribution in [3.8, 4) is 0 Å². The Labute approximate surface area is 175 Å². The molecule has 0 N–H and O–H groups in total. The number of carboxylic acids is 1. The molecule has 11 heteroatoms. The molecule has 0 bridgehead atoms.